The molecule has 0 aromatic rings. The third-order valence-corrected chi connectivity index (χ3v) is 2.88. The fraction of sp³-hybridized carbons (Fsp3) is 0.714. The molecule has 10 nitrogen and oxygen atoms in total. The molecule has 0 aromatic carbocycles. The van der Waals surface area contributed by atoms with Crippen molar-refractivity contribution in [3.8, 4) is 0 Å². The van der Waals surface area contributed by atoms with Crippen LogP contribution in [0, 0.1) is 0 Å². The summed E-state index contributed by atoms with van der Waals surface area (Å²) in [6.07, 6.45) is -7.19. The van der Waals surface area contributed by atoms with Gasteiger partial charge in [0.05, 0.1) is 0 Å². The Hall–Kier alpha value is -2.20. The van der Waals surface area contributed by atoms with Gasteiger partial charge in [0, 0.05) is 33.1 Å². The van der Waals surface area contributed by atoms with Crippen molar-refractivity contribution in [3.63, 3.8) is 0 Å². The van der Waals surface area contributed by atoms with Crippen LogP contribution in [0.15, 0.2) is 0 Å². The van der Waals surface area contributed by atoms with Crippen molar-refractivity contribution in [3.05, 3.63) is 0 Å². The lowest BCUT2D eigenvalue weighted by Crippen LogP contribution is -2.64. The largest absolute Gasteiger partial charge is 0.463 e. The van der Waals surface area contributed by atoms with Gasteiger partial charge in [-0.3, -0.25) is 19.2 Å². The molecule has 0 aliphatic carbocycles. The average molecular weight is 351 g/mol. The van der Waals surface area contributed by atoms with Crippen LogP contribution in [0.1, 0.15) is 33.1 Å². The topological polar surface area (TPSA) is 140 Å². The first-order valence-corrected chi connectivity index (χ1v) is 6.59. The van der Waals surface area contributed by atoms with Crippen LogP contribution < -0.4 is 5.73 Å². The van der Waals surface area contributed by atoms with Gasteiger partial charge in [0.2, 0.25) is 0 Å². The van der Waals surface area contributed by atoms with Crippen LogP contribution in [0.25, 0.3) is 0 Å². The van der Waals surface area contributed by atoms with Gasteiger partial charge in [0.25, 0.3) is 0 Å². The molecule has 0 aromatic heterocycles. The predicted molar refractivity (Wildman–Crippen MR) is 76.1 cm³/mol. The summed E-state index contributed by atoms with van der Waals surface area (Å²) < 4.78 is 53.3. The molecular formula is C14H21NO9. The minimum atomic E-state index is -1.53. The van der Waals surface area contributed by atoms with Gasteiger partial charge in [0.15, 0.2) is 18.3 Å². The van der Waals surface area contributed by atoms with Crippen molar-refractivity contribution in [1.82, 2.24) is 0 Å². The van der Waals surface area contributed by atoms with Crippen molar-refractivity contribution in [2.24, 2.45) is 5.73 Å². The van der Waals surface area contributed by atoms with E-state index in [1.54, 1.807) is 0 Å². The Labute approximate surface area is 144 Å². The van der Waals surface area contributed by atoms with Gasteiger partial charge in [-0.2, -0.15) is 0 Å². The zero-order chi connectivity index (χ0) is 21.3. The Morgan fingerprint density at radius 2 is 1.38 bits per heavy atom. The lowest BCUT2D eigenvalue weighted by atomic mass is 9.97. The number of carbonyl (C=O) groups is 4. The summed E-state index contributed by atoms with van der Waals surface area (Å²) in [6, 6.07) is 0. The summed E-state index contributed by atoms with van der Waals surface area (Å²) in [5, 5.41) is 0. The molecule has 24 heavy (non-hydrogen) atoms. The number of hydrogen-bond acceptors (Lipinski definition) is 10. The Morgan fingerprint density at radius 3 is 1.92 bits per heavy atom. The summed E-state index contributed by atoms with van der Waals surface area (Å²) in [5.74, 6) is -4.04. The van der Waals surface area contributed by atoms with Crippen LogP contribution in [0.2, 0.25) is 0 Å². The molecule has 1 aliphatic rings. The molecule has 5 atom stereocenters. The number of nitrogens with two attached hydrogens (primary N) is 1. The zero-order valence-electron chi connectivity index (χ0n) is 16.7. The Morgan fingerprint density at radius 1 is 0.875 bits per heavy atom. The summed E-state index contributed by atoms with van der Waals surface area (Å²) in [6.45, 7) is -3.59. The molecule has 1 rings (SSSR count). The van der Waals surface area contributed by atoms with Crippen molar-refractivity contribution in [2.45, 2.75) is 58.2 Å². The van der Waals surface area contributed by atoms with Crippen molar-refractivity contribution >= 4 is 23.9 Å². The van der Waals surface area contributed by atoms with E-state index in [1.165, 1.54) is 0 Å². The Bertz CT molecular complexity index is 579. The van der Waals surface area contributed by atoms with E-state index < -0.39 is 88.7 Å². The SMILES string of the molecule is [2H]CC(=O)OC[C@H]1OC(N)[C@H](OC(=O)C[2H])[C@@H](OC(=O)C[2H])[C@H]1OC(=O)C[2H]. The second kappa shape index (κ2) is 8.60. The average Bonchev–Trinajstić information content (AvgIpc) is 2.69. The number of rotatable bonds is 5. The molecule has 1 unspecified atom stereocenters. The van der Waals surface area contributed by atoms with E-state index in [-0.39, 0.29) is 0 Å². The van der Waals surface area contributed by atoms with Gasteiger partial charge < -0.3 is 29.4 Å². The van der Waals surface area contributed by atoms with E-state index in [0.29, 0.717) is 0 Å². The highest BCUT2D eigenvalue weighted by molar-refractivity contribution is 5.68. The van der Waals surface area contributed by atoms with E-state index in [4.69, 9.17) is 34.9 Å². The maximum Gasteiger partial charge on any atom is 0.303 e. The molecule has 0 amide bonds. The lowest BCUT2D eigenvalue weighted by Gasteiger charge is -2.43. The Balaban J connectivity index is 3.17. The Kier molecular flexibility index (Phi) is 5.07. The van der Waals surface area contributed by atoms with Crippen LogP contribution in [0.5, 0.6) is 0 Å². The van der Waals surface area contributed by atoms with Gasteiger partial charge in [-0.1, -0.05) is 0 Å². The predicted octanol–water partition coefficient (Wildman–Crippen LogP) is -0.972. The van der Waals surface area contributed by atoms with Crippen LogP contribution in [0.3, 0.4) is 0 Å². The number of esters is 4. The van der Waals surface area contributed by atoms with E-state index in [2.05, 4.69) is 0 Å². The maximum absolute atomic E-state index is 11.7. The quantitative estimate of drug-likeness (QED) is 0.485. The molecular weight excluding hydrogens is 326 g/mol. The molecule has 10 heteroatoms. The van der Waals surface area contributed by atoms with Gasteiger partial charge >= 0.3 is 23.9 Å². The van der Waals surface area contributed by atoms with Crippen LogP contribution in [-0.4, -0.2) is 61.1 Å². The third-order valence-electron chi connectivity index (χ3n) is 2.88. The summed E-state index contributed by atoms with van der Waals surface area (Å²) in [7, 11) is 0. The summed E-state index contributed by atoms with van der Waals surface area (Å²) in [4.78, 5) is 46.1. The molecule has 1 aliphatic heterocycles. The molecule has 0 radical (unpaired) electrons. The van der Waals surface area contributed by atoms with E-state index in [9.17, 15) is 19.2 Å². The molecule has 1 fully saturated rings. The standard InChI is InChI=1S/C14H21NO9/c1-6(16)20-5-10-11(21-7(2)17)12(22-8(3)18)13(14(15)24-10)23-9(4)19/h10-14H,5,15H2,1-4H3/t10-,11+,12+,13-,14?/m1/s1/i1D,2D,3D,4D. The highest BCUT2D eigenvalue weighted by Crippen LogP contribution is 2.27. The van der Waals surface area contributed by atoms with Crippen LogP contribution in [0.4, 0.5) is 0 Å². The fourth-order valence-electron chi connectivity index (χ4n) is 2.12. The minimum absolute atomic E-state index is 0.532. The first-order chi connectivity index (χ1) is 13.3. The molecule has 1 saturated heterocycles. The zero-order valence-corrected chi connectivity index (χ0v) is 12.7. The van der Waals surface area contributed by atoms with Gasteiger partial charge in [-0.05, 0) is 0 Å². The second-order valence-electron chi connectivity index (χ2n) is 4.69. The van der Waals surface area contributed by atoms with Gasteiger partial charge in [-0.25, -0.2) is 0 Å². The van der Waals surface area contributed by atoms with E-state index in [0.717, 1.165) is 0 Å². The van der Waals surface area contributed by atoms with Gasteiger partial charge in [0.1, 0.15) is 18.9 Å². The minimum Gasteiger partial charge on any atom is -0.463 e. The first-order valence-electron chi connectivity index (χ1n) is 9.42. The number of carbonyl (C=O) groups excluding carboxylic acids is 4. The van der Waals surface area contributed by atoms with Gasteiger partial charge in [-0.15, -0.1) is 0 Å². The maximum atomic E-state index is 11.7. The molecule has 136 valence electrons. The van der Waals surface area contributed by atoms with Crippen molar-refractivity contribution in [2.75, 3.05) is 6.61 Å². The molecule has 0 spiro atoms. The fourth-order valence-corrected chi connectivity index (χ4v) is 2.12. The number of ether oxygens (including phenoxy) is 5. The molecule has 2 N–H and O–H groups in total. The van der Waals surface area contributed by atoms with E-state index in [1.807, 2.05) is 0 Å². The van der Waals surface area contributed by atoms with Crippen LogP contribution in [-0.2, 0) is 42.9 Å². The summed E-state index contributed by atoms with van der Waals surface area (Å²) >= 11 is 0. The van der Waals surface area contributed by atoms with E-state index >= 15 is 0 Å². The van der Waals surface area contributed by atoms with Crippen molar-refractivity contribution in [1.29, 1.82) is 0 Å². The lowest BCUT2D eigenvalue weighted by molar-refractivity contribution is -0.251. The molecule has 1 heterocycles. The highest BCUT2D eigenvalue weighted by atomic mass is 16.7. The molecule has 0 saturated carbocycles. The normalized spacial score (nSPS) is 31.5. The summed E-state index contributed by atoms with van der Waals surface area (Å²) in [5.41, 5.74) is 5.79. The first kappa shape index (κ1) is 14.2. The third kappa shape index (κ3) is 5.78. The number of hydrogen-bond donors (Lipinski definition) is 1. The van der Waals surface area contributed by atoms with Crippen molar-refractivity contribution < 1.29 is 48.3 Å². The van der Waals surface area contributed by atoms with Crippen LogP contribution >= 0.6 is 0 Å². The smallest absolute Gasteiger partial charge is 0.303 e. The monoisotopic (exact) mass is 351 g/mol. The molecule has 0 bridgehead atoms. The highest BCUT2D eigenvalue weighted by Gasteiger charge is 2.51. The second-order valence-corrected chi connectivity index (χ2v) is 4.69.